The molecule has 1 atom stereocenters. The lowest BCUT2D eigenvalue weighted by Crippen LogP contribution is -2.43. The highest BCUT2D eigenvalue weighted by Crippen LogP contribution is 2.27. The van der Waals surface area contributed by atoms with E-state index in [4.69, 9.17) is 15.2 Å². The number of hydrogen-bond donors (Lipinski definition) is 2. The van der Waals surface area contributed by atoms with Crippen LogP contribution in [0, 0.1) is 5.92 Å². The van der Waals surface area contributed by atoms with Gasteiger partial charge >= 0.3 is 0 Å². The monoisotopic (exact) mass is 357 g/mol. The number of piperidine rings is 1. The van der Waals surface area contributed by atoms with Gasteiger partial charge in [-0.3, -0.25) is 9.69 Å². The number of carbonyl (C=O) groups is 1. The minimum absolute atomic E-state index is 0. The van der Waals surface area contributed by atoms with Crippen molar-refractivity contribution in [3.8, 4) is 11.5 Å². The summed E-state index contributed by atoms with van der Waals surface area (Å²) in [5.41, 5.74) is 6.55. The molecule has 2 rings (SSSR count). The molecule has 1 aromatic carbocycles. The first kappa shape index (κ1) is 20.5. The second-order valence-corrected chi connectivity index (χ2v) is 5.83. The van der Waals surface area contributed by atoms with Crippen LogP contribution in [0.5, 0.6) is 11.5 Å². The highest BCUT2D eigenvalue weighted by molar-refractivity contribution is 5.85. The van der Waals surface area contributed by atoms with Gasteiger partial charge in [0.1, 0.15) is 11.5 Å². The van der Waals surface area contributed by atoms with E-state index in [0.29, 0.717) is 13.1 Å². The number of nitrogens with two attached hydrogens (primary N) is 1. The van der Waals surface area contributed by atoms with E-state index in [1.165, 1.54) is 0 Å². The number of rotatable bonds is 7. The molecule has 0 radical (unpaired) electrons. The zero-order valence-electron chi connectivity index (χ0n) is 14.4. The van der Waals surface area contributed by atoms with E-state index in [0.717, 1.165) is 49.5 Å². The number of nitrogens with one attached hydrogen (secondary N) is 1. The maximum atomic E-state index is 12.1. The Labute approximate surface area is 150 Å². The fourth-order valence-electron chi connectivity index (χ4n) is 2.98. The highest BCUT2D eigenvalue weighted by atomic mass is 35.5. The van der Waals surface area contributed by atoms with Gasteiger partial charge < -0.3 is 20.5 Å². The Kier molecular flexibility index (Phi) is 8.89. The molecule has 1 amide bonds. The Hall–Kier alpha value is -1.50. The first-order valence-electron chi connectivity index (χ1n) is 8.09. The molecule has 0 aliphatic carbocycles. The molecule has 1 aliphatic heterocycles. The zero-order chi connectivity index (χ0) is 16.7. The third kappa shape index (κ3) is 5.54. The Morgan fingerprint density at radius 1 is 1.38 bits per heavy atom. The van der Waals surface area contributed by atoms with Crippen LogP contribution >= 0.6 is 12.4 Å². The van der Waals surface area contributed by atoms with E-state index in [9.17, 15) is 4.79 Å². The van der Waals surface area contributed by atoms with Crippen LogP contribution in [0.1, 0.15) is 18.4 Å². The molecule has 24 heavy (non-hydrogen) atoms. The largest absolute Gasteiger partial charge is 0.497 e. The summed E-state index contributed by atoms with van der Waals surface area (Å²) < 4.78 is 10.7. The molecule has 1 aromatic rings. The molecule has 0 aromatic heterocycles. The molecular weight excluding hydrogens is 330 g/mol. The van der Waals surface area contributed by atoms with Gasteiger partial charge in [0.2, 0.25) is 5.91 Å². The number of methoxy groups -OCH3 is 2. The van der Waals surface area contributed by atoms with Crippen molar-refractivity contribution in [1.29, 1.82) is 0 Å². The molecule has 1 heterocycles. The van der Waals surface area contributed by atoms with Gasteiger partial charge in [-0.05, 0) is 25.5 Å². The van der Waals surface area contributed by atoms with E-state index < -0.39 is 0 Å². The van der Waals surface area contributed by atoms with Crippen LogP contribution in [0.4, 0.5) is 0 Å². The normalized spacial score (nSPS) is 17.7. The molecule has 0 saturated carbocycles. The minimum Gasteiger partial charge on any atom is -0.497 e. The Balaban J connectivity index is 0.00000288. The first-order valence-corrected chi connectivity index (χ1v) is 8.09. The summed E-state index contributed by atoms with van der Waals surface area (Å²) in [5.74, 6) is 1.75. The van der Waals surface area contributed by atoms with Crippen molar-refractivity contribution in [1.82, 2.24) is 10.2 Å². The molecular formula is C17H28ClN3O3. The fraction of sp³-hybridized carbons (Fsp3) is 0.588. The summed E-state index contributed by atoms with van der Waals surface area (Å²) in [6.45, 7) is 3.56. The molecule has 0 spiro atoms. The van der Waals surface area contributed by atoms with Gasteiger partial charge in [-0.1, -0.05) is 6.07 Å². The lowest BCUT2D eigenvalue weighted by atomic mass is 9.96. The summed E-state index contributed by atoms with van der Waals surface area (Å²) in [5, 5.41) is 2.89. The van der Waals surface area contributed by atoms with Crippen molar-refractivity contribution in [2.24, 2.45) is 11.7 Å². The summed E-state index contributed by atoms with van der Waals surface area (Å²) in [4.78, 5) is 14.4. The lowest BCUT2D eigenvalue weighted by molar-refractivity contribution is -0.126. The number of hydrogen-bond acceptors (Lipinski definition) is 5. The topological polar surface area (TPSA) is 76.8 Å². The van der Waals surface area contributed by atoms with E-state index in [-0.39, 0.29) is 24.2 Å². The summed E-state index contributed by atoms with van der Waals surface area (Å²) >= 11 is 0. The number of carbonyl (C=O) groups excluding carboxylic acids is 1. The third-order valence-corrected chi connectivity index (χ3v) is 4.21. The number of nitrogens with zero attached hydrogens (tertiary/aromatic N) is 1. The number of ether oxygens (including phenoxy) is 2. The van der Waals surface area contributed by atoms with Crippen LogP contribution in [0.2, 0.25) is 0 Å². The molecule has 1 aliphatic rings. The Morgan fingerprint density at radius 2 is 2.17 bits per heavy atom. The molecule has 7 heteroatoms. The summed E-state index contributed by atoms with van der Waals surface area (Å²) in [6, 6.07) is 5.85. The average Bonchev–Trinajstić information content (AvgIpc) is 2.60. The van der Waals surface area contributed by atoms with Crippen LogP contribution in [-0.2, 0) is 11.3 Å². The molecule has 3 N–H and O–H groups in total. The van der Waals surface area contributed by atoms with Crippen molar-refractivity contribution >= 4 is 18.3 Å². The lowest BCUT2D eigenvalue weighted by Gasteiger charge is -2.32. The van der Waals surface area contributed by atoms with Crippen LogP contribution < -0.4 is 20.5 Å². The second kappa shape index (κ2) is 10.4. The standard InChI is InChI=1S/C17H27N3O3.ClH/c1-22-15-6-5-13(16(10-15)23-2)11-20-9-3-4-14(12-20)17(21)19-8-7-18;/h5-6,10,14H,3-4,7-9,11-12,18H2,1-2H3,(H,19,21);1H. The van der Waals surface area contributed by atoms with Crippen LogP contribution in [0.3, 0.4) is 0 Å². The Morgan fingerprint density at radius 3 is 2.83 bits per heavy atom. The Bertz CT molecular complexity index is 528. The maximum absolute atomic E-state index is 12.1. The minimum atomic E-state index is 0. The van der Waals surface area contributed by atoms with Gasteiger partial charge in [0.15, 0.2) is 0 Å². The van der Waals surface area contributed by atoms with E-state index in [1.54, 1.807) is 14.2 Å². The molecule has 1 saturated heterocycles. The predicted octanol–water partition coefficient (Wildman–Crippen LogP) is 1.41. The van der Waals surface area contributed by atoms with Crippen molar-refractivity contribution in [2.75, 3.05) is 40.4 Å². The first-order chi connectivity index (χ1) is 11.2. The van der Waals surface area contributed by atoms with Crippen molar-refractivity contribution in [3.63, 3.8) is 0 Å². The smallest absolute Gasteiger partial charge is 0.224 e. The number of likely N-dealkylation sites (tertiary alicyclic amines) is 1. The van der Waals surface area contributed by atoms with E-state index in [1.807, 2.05) is 18.2 Å². The SMILES string of the molecule is COc1ccc(CN2CCCC(C(=O)NCCN)C2)c(OC)c1.Cl. The van der Waals surface area contributed by atoms with E-state index >= 15 is 0 Å². The molecule has 1 fully saturated rings. The quantitative estimate of drug-likeness (QED) is 0.771. The van der Waals surface area contributed by atoms with Crippen LogP contribution in [0.25, 0.3) is 0 Å². The van der Waals surface area contributed by atoms with Gasteiger partial charge in [0, 0.05) is 37.8 Å². The van der Waals surface area contributed by atoms with Crippen LogP contribution in [-0.4, -0.2) is 51.2 Å². The third-order valence-electron chi connectivity index (χ3n) is 4.21. The number of amides is 1. The predicted molar refractivity (Wildman–Crippen MR) is 96.9 cm³/mol. The van der Waals surface area contributed by atoms with Crippen LogP contribution in [0.15, 0.2) is 18.2 Å². The number of halogens is 1. The number of benzene rings is 1. The van der Waals surface area contributed by atoms with Crippen molar-refractivity contribution in [2.45, 2.75) is 19.4 Å². The van der Waals surface area contributed by atoms with Gasteiger partial charge in [-0.2, -0.15) is 0 Å². The second-order valence-electron chi connectivity index (χ2n) is 5.83. The van der Waals surface area contributed by atoms with Gasteiger partial charge in [0.25, 0.3) is 0 Å². The van der Waals surface area contributed by atoms with Gasteiger partial charge in [-0.25, -0.2) is 0 Å². The molecule has 1 unspecified atom stereocenters. The van der Waals surface area contributed by atoms with Gasteiger partial charge in [-0.15, -0.1) is 12.4 Å². The van der Waals surface area contributed by atoms with E-state index in [2.05, 4.69) is 10.2 Å². The van der Waals surface area contributed by atoms with Crippen molar-refractivity contribution < 1.29 is 14.3 Å². The molecule has 136 valence electrons. The highest BCUT2D eigenvalue weighted by Gasteiger charge is 2.26. The maximum Gasteiger partial charge on any atom is 0.224 e. The zero-order valence-corrected chi connectivity index (χ0v) is 15.2. The summed E-state index contributed by atoms with van der Waals surface area (Å²) in [7, 11) is 3.31. The molecule has 0 bridgehead atoms. The fourth-order valence-corrected chi connectivity index (χ4v) is 2.98. The van der Waals surface area contributed by atoms with Gasteiger partial charge in [0.05, 0.1) is 20.1 Å². The van der Waals surface area contributed by atoms with Crippen molar-refractivity contribution in [3.05, 3.63) is 23.8 Å². The summed E-state index contributed by atoms with van der Waals surface area (Å²) in [6.07, 6.45) is 1.96. The average molecular weight is 358 g/mol. The molecule has 6 nitrogen and oxygen atoms in total.